The summed E-state index contributed by atoms with van der Waals surface area (Å²) >= 11 is 1.07. The van der Waals surface area contributed by atoms with Crippen LogP contribution in [0.4, 0.5) is 0 Å². The number of nitrogens with zero attached hydrogens (tertiary/aromatic N) is 1. The third kappa shape index (κ3) is 3.16. The summed E-state index contributed by atoms with van der Waals surface area (Å²) in [7, 11) is -3.67. The minimum atomic E-state index is -3.67. The number of sulfonamides is 1. The smallest absolute Gasteiger partial charge is 0.247 e. The highest BCUT2D eigenvalue weighted by Gasteiger charge is 2.35. The van der Waals surface area contributed by atoms with E-state index in [0.717, 1.165) is 35.6 Å². The molecule has 0 spiro atoms. The summed E-state index contributed by atoms with van der Waals surface area (Å²) in [4.78, 5) is 14.9. The second-order valence-electron chi connectivity index (χ2n) is 5.40. The summed E-state index contributed by atoms with van der Waals surface area (Å²) in [6.07, 6.45) is 2.26. The lowest BCUT2D eigenvalue weighted by Gasteiger charge is -2.31. The van der Waals surface area contributed by atoms with Crippen LogP contribution in [0, 0.1) is 0 Å². The van der Waals surface area contributed by atoms with Crippen molar-refractivity contribution in [2.45, 2.75) is 42.9 Å². The average molecular weight is 302 g/mol. The number of primary sulfonamides is 1. The molecular formula is C12H18N2O3S2. The zero-order chi connectivity index (χ0) is 14.3. The maximum absolute atomic E-state index is 12.2. The van der Waals surface area contributed by atoms with Gasteiger partial charge in [-0.3, -0.25) is 4.79 Å². The van der Waals surface area contributed by atoms with Crippen molar-refractivity contribution in [2.24, 2.45) is 5.14 Å². The highest BCUT2D eigenvalue weighted by Crippen LogP contribution is 2.29. The third-order valence-corrected chi connectivity index (χ3v) is 5.97. The van der Waals surface area contributed by atoms with Crippen LogP contribution < -0.4 is 5.14 Å². The third-order valence-electron chi connectivity index (χ3n) is 3.44. The van der Waals surface area contributed by atoms with E-state index in [4.69, 9.17) is 5.14 Å². The highest BCUT2D eigenvalue weighted by molar-refractivity contribution is 7.91. The molecule has 1 aromatic heterocycles. The first-order valence-electron chi connectivity index (χ1n) is 6.12. The van der Waals surface area contributed by atoms with Crippen molar-refractivity contribution >= 4 is 27.3 Å². The molecule has 0 radical (unpaired) electrons. The Morgan fingerprint density at radius 3 is 2.63 bits per heavy atom. The van der Waals surface area contributed by atoms with Gasteiger partial charge in [0.25, 0.3) is 0 Å². The molecular weight excluding hydrogens is 284 g/mol. The zero-order valence-corrected chi connectivity index (χ0v) is 12.7. The molecule has 1 amide bonds. The molecule has 5 nitrogen and oxygen atoms in total. The van der Waals surface area contributed by atoms with Gasteiger partial charge in [-0.2, -0.15) is 0 Å². The molecule has 0 aromatic carbocycles. The van der Waals surface area contributed by atoms with E-state index in [-0.39, 0.29) is 22.1 Å². The predicted octanol–water partition coefficient (Wildman–Crippen LogP) is 1.34. The lowest BCUT2D eigenvalue weighted by atomic mass is 10.0. The van der Waals surface area contributed by atoms with E-state index in [9.17, 15) is 13.2 Å². The van der Waals surface area contributed by atoms with Gasteiger partial charge < -0.3 is 4.90 Å². The molecule has 1 aliphatic rings. The maximum Gasteiger partial charge on any atom is 0.247 e. The number of likely N-dealkylation sites (tertiary alicyclic amines) is 1. The summed E-state index contributed by atoms with van der Waals surface area (Å²) in [6, 6.07) is 3.11. The van der Waals surface area contributed by atoms with Crippen molar-refractivity contribution in [1.82, 2.24) is 4.90 Å². The monoisotopic (exact) mass is 302 g/mol. The van der Waals surface area contributed by atoms with Gasteiger partial charge in [0.2, 0.25) is 15.9 Å². The Labute approximate surface area is 117 Å². The van der Waals surface area contributed by atoms with Crippen LogP contribution in [0.2, 0.25) is 0 Å². The molecule has 7 heteroatoms. The molecule has 2 N–H and O–H groups in total. The van der Waals surface area contributed by atoms with E-state index in [1.54, 1.807) is 6.07 Å². The molecule has 0 aliphatic carbocycles. The lowest BCUT2D eigenvalue weighted by molar-refractivity contribution is -0.133. The molecule has 0 saturated carbocycles. The standard InChI is InChI=1S/C12H18N2O3S2/c1-12(2)6-3-7-14(12)10(15)8-9-4-5-11(18-9)19(13,16)17/h4-5H,3,6-8H2,1-2H3,(H2,13,16,17). The van der Waals surface area contributed by atoms with Gasteiger partial charge >= 0.3 is 0 Å². The molecule has 0 atom stereocenters. The average Bonchev–Trinajstić information content (AvgIpc) is 2.83. The van der Waals surface area contributed by atoms with Crippen LogP contribution in [-0.4, -0.2) is 31.3 Å². The molecule has 2 rings (SSSR count). The second kappa shape index (κ2) is 4.88. The Morgan fingerprint density at radius 1 is 1.47 bits per heavy atom. The molecule has 2 heterocycles. The number of carbonyl (C=O) groups is 1. The first kappa shape index (κ1) is 14.5. The summed E-state index contributed by atoms with van der Waals surface area (Å²) < 4.78 is 22.5. The van der Waals surface area contributed by atoms with E-state index >= 15 is 0 Å². The van der Waals surface area contributed by atoms with Crippen LogP contribution >= 0.6 is 11.3 Å². The van der Waals surface area contributed by atoms with E-state index in [1.807, 2.05) is 4.90 Å². The number of nitrogens with two attached hydrogens (primary N) is 1. The highest BCUT2D eigenvalue weighted by atomic mass is 32.2. The normalized spacial score (nSPS) is 18.8. The van der Waals surface area contributed by atoms with Crippen molar-refractivity contribution in [1.29, 1.82) is 0 Å². The first-order valence-corrected chi connectivity index (χ1v) is 8.48. The van der Waals surface area contributed by atoms with Gasteiger partial charge in [-0.25, -0.2) is 13.6 Å². The number of rotatable bonds is 3. The van der Waals surface area contributed by atoms with E-state index in [0.29, 0.717) is 0 Å². The topological polar surface area (TPSA) is 80.5 Å². The van der Waals surface area contributed by atoms with Gasteiger partial charge in [-0.15, -0.1) is 11.3 Å². The van der Waals surface area contributed by atoms with Crippen LogP contribution in [0.3, 0.4) is 0 Å². The zero-order valence-electron chi connectivity index (χ0n) is 11.0. The Hall–Kier alpha value is -0.920. The molecule has 1 fully saturated rings. The number of amides is 1. The van der Waals surface area contributed by atoms with Crippen LogP contribution in [0.5, 0.6) is 0 Å². The van der Waals surface area contributed by atoms with Gasteiger partial charge in [0, 0.05) is 17.0 Å². The fourth-order valence-electron chi connectivity index (χ4n) is 2.42. The number of hydrogen-bond donors (Lipinski definition) is 1. The van der Waals surface area contributed by atoms with Crippen molar-refractivity contribution in [2.75, 3.05) is 6.54 Å². The molecule has 1 saturated heterocycles. The summed E-state index contributed by atoms with van der Waals surface area (Å²) in [5, 5.41) is 5.05. The molecule has 1 aliphatic heterocycles. The fraction of sp³-hybridized carbons (Fsp3) is 0.583. The van der Waals surface area contributed by atoms with Crippen molar-refractivity contribution in [3.63, 3.8) is 0 Å². The molecule has 19 heavy (non-hydrogen) atoms. The lowest BCUT2D eigenvalue weighted by Crippen LogP contribution is -2.43. The van der Waals surface area contributed by atoms with E-state index < -0.39 is 10.0 Å². The molecule has 1 aromatic rings. The quantitative estimate of drug-likeness (QED) is 0.915. The fourth-order valence-corrected chi connectivity index (χ4v) is 4.19. The van der Waals surface area contributed by atoms with Gasteiger partial charge in [0.05, 0.1) is 6.42 Å². The summed E-state index contributed by atoms with van der Waals surface area (Å²) in [5.41, 5.74) is -0.100. The van der Waals surface area contributed by atoms with E-state index in [1.165, 1.54) is 6.07 Å². The Bertz CT molecular complexity index is 590. The Morgan fingerprint density at radius 2 is 2.16 bits per heavy atom. The largest absolute Gasteiger partial charge is 0.337 e. The number of thiophene rings is 1. The number of carbonyl (C=O) groups excluding carboxylic acids is 1. The first-order chi connectivity index (χ1) is 8.70. The van der Waals surface area contributed by atoms with Crippen molar-refractivity contribution in [3.05, 3.63) is 17.0 Å². The second-order valence-corrected chi connectivity index (χ2v) is 8.36. The van der Waals surface area contributed by atoms with Crippen LogP contribution in [-0.2, 0) is 21.2 Å². The molecule has 106 valence electrons. The SMILES string of the molecule is CC1(C)CCCN1C(=O)Cc1ccc(S(N)(=O)=O)s1. The predicted molar refractivity (Wildman–Crippen MR) is 74.4 cm³/mol. The Balaban J connectivity index is 2.10. The minimum absolute atomic E-state index is 0.0466. The van der Waals surface area contributed by atoms with Crippen molar-refractivity contribution in [3.8, 4) is 0 Å². The van der Waals surface area contributed by atoms with Gasteiger partial charge in [0.15, 0.2) is 0 Å². The van der Waals surface area contributed by atoms with Crippen LogP contribution in [0.25, 0.3) is 0 Å². The van der Waals surface area contributed by atoms with Gasteiger partial charge in [-0.05, 0) is 38.8 Å². The summed E-state index contributed by atoms with van der Waals surface area (Å²) in [6.45, 7) is 4.89. The van der Waals surface area contributed by atoms with Gasteiger partial charge in [-0.1, -0.05) is 0 Å². The Kier molecular flexibility index (Phi) is 3.72. The van der Waals surface area contributed by atoms with E-state index in [2.05, 4.69) is 13.8 Å². The van der Waals surface area contributed by atoms with Crippen LogP contribution in [0.15, 0.2) is 16.3 Å². The molecule has 0 unspecified atom stereocenters. The van der Waals surface area contributed by atoms with Crippen LogP contribution in [0.1, 0.15) is 31.6 Å². The van der Waals surface area contributed by atoms with Gasteiger partial charge in [0.1, 0.15) is 4.21 Å². The molecule has 0 bridgehead atoms. The minimum Gasteiger partial charge on any atom is -0.337 e. The maximum atomic E-state index is 12.2. The number of hydrogen-bond acceptors (Lipinski definition) is 4. The summed E-state index contributed by atoms with van der Waals surface area (Å²) in [5.74, 6) is 0.0466. The van der Waals surface area contributed by atoms with Crippen molar-refractivity contribution < 1.29 is 13.2 Å².